The number of amides is 2. The minimum absolute atomic E-state index is 0.0541. The number of hydrogen-bond acceptors (Lipinski definition) is 5. The second-order valence-electron chi connectivity index (χ2n) is 6.87. The average Bonchev–Trinajstić information content (AvgIpc) is 3.10. The van der Waals surface area contributed by atoms with Crippen molar-refractivity contribution in [1.82, 2.24) is 4.90 Å². The smallest absolute Gasteiger partial charge is 0.242 e. The van der Waals surface area contributed by atoms with Gasteiger partial charge in [0.2, 0.25) is 11.8 Å². The largest absolute Gasteiger partial charge is 0.495 e. The number of likely N-dealkylation sites (tertiary alicyclic amines) is 1. The maximum absolute atomic E-state index is 12.8. The van der Waals surface area contributed by atoms with Crippen LogP contribution in [0.1, 0.15) is 25.3 Å². The number of ether oxygens (including phenoxy) is 3. The zero-order valence-corrected chi connectivity index (χ0v) is 16.7. The van der Waals surface area contributed by atoms with Gasteiger partial charge >= 0.3 is 0 Å². The number of piperidine rings is 1. The number of benzene rings is 1. The molecule has 0 saturated carbocycles. The molecule has 0 aliphatic carbocycles. The van der Waals surface area contributed by atoms with E-state index in [0.717, 1.165) is 5.56 Å². The van der Waals surface area contributed by atoms with Crippen LogP contribution in [-0.2, 0) is 19.1 Å². The number of carbonyl (C=O) groups excluding carboxylic acids is 2. The zero-order chi connectivity index (χ0) is 19.6. The fourth-order valence-electron chi connectivity index (χ4n) is 3.51. The highest BCUT2D eigenvalue weighted by molar-refractivity contribution is 6.31. The number of nitrogens with zero attached hydrogens (tertiary/aromatic N) is 2. The summed E-state index contributed by atoms with van der Waals surface area (Å²) in [6.07, 6.45) is 1.28. The van der Waals surface area contributed by atoms with E-state index in [1.165, 1.54) is 18.9 Å². The second-order valence-corrected chi connectivity index (χ2v) is 7.27. The molecular weight excluding hydrogens is 372 g/mol. The minimum Gasteiger partial charge on any atom is -0.495 e. The number of aryl methyl sites for hydroxylation is 1. The van der Waals surface area contributed by atoms with E-state index >= 15 is 0 Å². The third-order valence-corrected chi connectivity index (χ3v) is 5.52. The Morgan fingerprint density at radius 3 is 2.44 bits per heavy atom. The van der Waals surface area contributed by atoms with Gasteiger partial charge in [-0.1, -0.05) is 11.6 Å². The lowest BCUT2D eigenvalue weighted by Crippen LogP contribution is -2.50. The van der Waals surface area contributed by atoms with Crippen LogP contribution in [0.5, 0.6) is 5.75 Å². The van der Waals surface area contributed by atoms with E-state index in [1.807, 2.05) is 6.92 Å². The monoisotopic (exact) mass is 396 g/mol. The molecule has 2 heterocycles. The maximum Gasteiger partial charge on any atom is 0.242 e. The highest BCUT2D eigenvalue weighted by Gasteiger charge is 2.41. The first-order valence-corrected chi connectivity index (χ1v) is 9.41. The van der Waals surface area contributed by atoms with Gasteiger partial charge in [-0.05, 0) is 18.6 Å². The zero-order valence-electron chi connectivity index (χ0n) is 15.9. The summed E-state index contributed by atoms with van der Waals surface area (Å²) in [7, 11) is 1.51. The molecule has 0 N–H and O–H groups in total. The standard InChI is InChI=1S/C19H25ClN2O5/c1-13-10-16(17(25-3)11-15(13)20)22(14(2)23)12-18(24)21-6-4-19(5-7-21)26-8-9-27-19/h10-11H,4-9,12H2,1-3H3. The van der Waals surface area contributed by atoms with E-state index in [9.17, 15) is 9.59 Å². The van der Waals surface area contributed by atoms with Crippen molar-refractivity contribution in [3.8, 4) is 5.75 Å². The number of anilines is 1. The molecular formula is C19H25ClN2O5. The summed E-state index contributed by atoms with van der Waals surface area (Å²) in [5.74, 6) is -0.431. The van der Waals surface area contributed by atoms with Crippen LogP contribution >= 0.6 is 11.6 Å². The van der Waals surface area contributed by atoms with E-state index < -0.39 is 5.79 Å². The van der Waals surface area contributed by atoms with Crippen molar-refractivity contribution in [2.75, 3.05) is 44.9 Å². The second kappa shape index (κ2) is 8.04. The normalized spacial score (nSPS) is 18.6. The summed E-state index contributed by atoms with van der Waals surface area (Å²) < 4.78 is 16.8. The molecule has 8 heteroatoms. The average molecular weight is 397 g/mol. The van der Waals surface area contributed by atoms with Gasteiger partial charge in [0, 0.05) is 43.9 Å². The lowest BCUT2D eigenvalue weighted by Gasteiger charge is -2.38. The first-order chi connectivity index (χ1) is 12.8. The highest BCUT2D eigenvalue weighted by atomic mass is 35.5. The van der Waals surface area contributed by atoms with Gasteiger partial charge in [0.1, 0.15) is 12.3 Å². The van der Waals surface area contributed by atoms with E-state index in [1.54, 1.807) is 17.0 Å². The van der Waals surface area contributed by atoms with Crippen molar-refractivity contribution in [1.29, 1.82) is 0 Å². The van der Waals surface area contributed by atoms with Gasteiger partial charge in [-0.2, -0.15) is 0 Å². The fourth-order valence-corrected chi connectivity index (χ4v) is 3.66. The molecule has 2 aliphatic rings. The molecule has 27 heavy (non-hydrogen) atoms. The van der Waals surface area contributed by atoms with Gasteiger partial charge in [0.25, 0.3) is 0 Å². The summed E-state index contributed by atoms with van der Waals surface area (Å²) in [6.45, 7) is 5.51. The van der Waals surface area contributed by atoms with Gasteiger partial charge in [-0.15, -0.1) is 0 Å². The summed E-state index contributed by atoms with van der Waals surface area (Å²) in [5.41, 5.74) is 1.35. The molecule has 148 valence electrons. The first-order valence-electron chi connectivity index (χ1n) is 9.03. The molecule has 0 aromatic heterocycles. The van der Waals surface area contributed by atoms with Gasteiger partial charge < -0.3 is 19.1 Å². The highest BCUT2D eigenvalue weighted by Crippen LogP contribution is 2.35. The van der Waals surface area contributed by atoms with Crippen LogP contribution in [0.25, 0.3) is 0 Å². The quantitative estimate of drug-likeness (QED) is 0.781. The van der Waals surface area contributed by atoms with E-state index in [0.29, 0.717) is 55.6 Å². The Hall–Kier alpha value is -1.83. The molecule has 0 atom stereocenters. The van der Waals surface area contributed by atoms with E-state index in [2.05, 4.69) is 0 Å². The number of halogens is 1. The van der Waals surface area contributed by atoms with E-state index in [4.69, 9.17) is 25.8 Å². The molecule has 2 amide bonds. The topological polar surface area (TPSA) is 68.3 Å². The lowest BCUT2D eigenvalue weighted by molar-refractivity contribution is -0.187. The molecule has 3 rings (SSSR count). The maximum atomic E-state index is 12.8. The molecule has 0 unspecified atom stereocenters. The number of hydrogen-bond donors (Lipinski definition) is 0. The van der Waals surface area contributed by atoms with Crippen LogP contribution in [-0.4, -0.2) is 62.5 Å². The summed E-state index contributed by atoms with van der Waals surface area (Å²) in [4.78, 5) is 28.3. The Kier molecular flexibility index (Phi) is 5.93. The summed E-state index contributed by atoms with van der Waals surface area (Å²) >= 11 is 6.15. The Morgan fingerprint density at radius 1 is 1.26 bits per heavy atom. The molecule has 7 nitrogen and oxygen atoms in total. The number of rotatable bonds is 4. The Morgan fingerprint density at radius 2 is 1.89 bits per heavy atom. The Labute approximate surface area is 164 Å². The number of methoxy groups -OCH3 is 1. The van der Waals surface area contributed by atoms with Crippen LogP contribution in [0.3, 0.4) is 0 Å². The van der Waals surface area contributed by atoms with Crippen molar-refractivity contribution >= 4 is 29.1 Å². The predicted molar refractivity (Wildman–Crippen MR) is 101 cm³/mol. The first kappa shape index (κ1) is 19.9. The minimum atomic E-state index is -0.534. The van der Waals surface area contributed by atoms with Crippen LogP contribution in [0.2, 0.25) is 5.02 Å². The van der Waals surface area contributed by atoms with Crippen LogP contribution in [0, 0.1) is 6.92 Å². The third-order valence-electron chi connectivity index (χ3n) is 5.12. The molecule has 0 radical (unpaired) electrons. The van der Waals surface area contributed by atoms with Gasteiger partial charge in [0.15, 0.2) is 5.79 Å². The van der Waals surface area contributed by atoms with Crippen LogP contribution < -0.4 is 9.64 Å². The Bertz CT molecular complexity index is 723. The van der Waals surface area contributed by atoms with Crippen molar-refractivity contribution in [2.24, 2.45) is 0 Å². The fraction of sp³-hybridized carbons (Fsp3) is 0.579. The molecule has 1 spiro atoms. The lowest BCUT2D eigenvalue weighted by atomic mass is 10.0. The third kappa shape index (κ3) is 4.20. The molecule has 2 aliphatic heterocycles. The molecule has 0 bridgehead atoms. The van der Waals surface area contributed by atoms with Crippen molar-refractivity contribution in [2.45, 2.75) is 32.5 Å². The molecule has 1 aromatic carbocycles. The molecule has 1 aromatic rings. The molecule has 2 fully saturated rings. The van der Waals surface area contributed by atoms with Gasteiger partial charge in [-0.3, -0.25) is 14.5 Å². The van der Waals surface area contributed by atoms with Crippen molar-refractivity contribution < 1.29 is 23.8 Å². The van der Waals surface area contributed by atoms with Crippen molar-refractivity contribution in [3.63, 3.8) is 0 Å². The van der Waals surface area contributed by atoms with Gasteiger partial charge in [0.05, 0.1) is 26.0 Å². The Balaban J connectivity index is 1.73. The summed E-state index contributed by atoms with van der Waals surface area (Å²) in [6, 6.07) is 3.42. The predicted octanol–water partition coefficient (Wildman–Crippen LogP) is 2.38. The SMILES string of the molecule is COc1cc(Cl)c(C)cc1N(CC(=O)N1CCC2(CC1)OCCO2)C(C)=O. The number of carbonyl (C=O) groups is 2. The summed E-state index contributed by atoms with van der Waals surface area (Å²) in [5, 5.41) is 0.545. The van der Waals surface area contributed by atoms with Gasteiger partial charge in [-0.25, -0.2) is 0 Å². The van der Waals surface area contributed by atoms with Crippen molar-refractivity contribution in [3.05, 3.63) is 22.7 Å². The molecule has 2 saturated heterocycles. The van der Waals surface area contributed by atoms with Crippen LogP contribution in [0.4, 0.5) is 5.69 Å². The van der Waals surface area contributed by atoms with E-state index in [-0.39, 0.29) is 18.4 Å². The van der Waals surface area contributed by atoms with Crippen LogP contribution in [0.15, 0.2) is 12.1 Å².